The summed E-state index contributed by atoms with van der Waals surface area (Å²) in [6, 6.07) is 9.56. The molecule has 1 amide bonds. The van der Waals surface area contributed by atoms with Gasteiger partial charge in [-0.2, -0.15) is 0 Å². The topological polar surface area (TPSA) is 208 Å². The number of hydrogen-bond acceptors (Lipinski definition) is 12. The summed E-state index contributed by atoms with van der Waals surface area (Å²) in [5, 5.41) is 17.6. The molecule has 4 heterocycles. The third kappa shape index (κ3) is 6.02. The molecule has 0 aliphatic carbocycles. The number of carbonyl (C=O) groups excluding carboxylic acids is 2. The third-order valence-corrected chi connectivity index (χ3v) is 10.5. The molecule has 0 bridgehead atoms. The Morgan fingerprint density at radius 3 is 1.79 bits per heavy atom. The fraction of sp³-hybridized carbons (Fsp3) is 0.310. The Balaban J connectivity index is 0.00000167. The molecule has 7 rings (SSSR count). The van der Waals surface area contributed by atoms with Crippen LogP contribution in [0.3, 0.4) is 0 Å². The van der Waals surface area contributed by atoms with Crippen LogP contribution in [0.15, 0.2) is 46.2 Å². The van der Waals surface area contributed by atoms with E-state index in [1.165, 1.54) is 11.0 Å². The number of nitrogens with zero attached hydrogens (tertiary/aromatic N) is 1. The number of amides is 1. The van der Waals surface area contributed by atoms with Crippen LogP contribution in [0.4, 0.5) is 11.4 Å². The van der Waals surface area contributed by atoms with E-state index in [2.05, 4.69) is 10.6 Å². The standard InChI is InChI=1S/C29H27N3O10S2.3Na/c33-21(34)9-12-32-28(35)17-7-1-2-8-18(17)29(32)19-13-15-5-3-10-30-22(15)26(43(36,37)38)24(19)42-25-20(29)14-16-6-4-11-31-23(16)27(25)44(39,40)41;;;/h1-2,7-8,13-14,30-31H,3-6,9-12H2,(H,33,34)(H,36,37,38)(H,39,40,41);;;/q;3*+1/p-3. The predicted octanol–water partition coefficient (Wildman–Crippen LogP) is -7.78. The van der Waals surface area contributed by atoms with Gasteiger partial charge in [0.2, 0.25) is 0 Å². The molecule has 0 aromatic heterocycles. The Morgan fingerprint density at radius 1 is 0.830 bits per heavy atom. The summed E-state index contributed by atoms with van der Waals surface area (Å²) >= 11 is 0. The van der Waals surface area contributed by atoms with Crippen LogP contribution >= 0.6 is 0 Å². The van der Waals surface area contributed by atoms with Gasteiger partial charge in [-0.3, -0.25) is 4.79 Å². The summed E-state index contributed by atoms with van der Waals surface area (Å²) in [5.41, 5.74) is -0.487. The van der Waals surface area contributed by atoms with Gasteiger partial charge in [-0.25, -0.2) is 16.8 Å². The Hall–Kier alpha value is -1.18. The zero-order valence-corrected chi connectivity index (χ0v) is 33.6. The largest absolute Gasteiger partial charge is 1.00 e. The van der Waals surface area contributed by atoms with Crippen molar-refractivity contribution in [2.75, 3.05) is 30.3 Å². The summed E-state index contributed by atoms with van der Waals surface area (Å²) in [6.07, 6.45) is 1.30. The van der Waals surface area contributed by atoms with E-state index in [0.717, 1.165) is 0 Å². The Kier molecular flexibility index (Phi) is 11.4. The summed E-state index contributed by atoms with van der Waals surface area (Å²) in [7, 11) is -10.6. The minimum Gasteiger partial charge on any atom is -0.744 e. The van der Waals surface area contributed by atoms with Crippen LogP contribution in [0.5, 0.6) is 11.5 Å². The van der Waals surface area contributed by atoms with Gasteiger partial charge in [0.05, 0.1) is 11.4 Å². The number of carboxylic acid groups (broad SMARTS) is 1. The van der Waals surface area contributed by atoms with E-state index < -0.39 is 71.9 Å². The minimum absolute atomic E-state index is 0. The van der Waals surface area contributed by atoms with E-state index >= 15 is 0 Å². The quantitative estimate of drug-likeness (QED) is 0.187. The second kappa shape index (κ2) is 13.9. The monoisotopic (exact) mass is 707 g/mol. The normalized spacial score (nSPS) is 16.6. The molecule has 47 heavy (non-hydrogen) atoms. The molecule has 0 radical (unpaired) electrons. The molecule has 13 nitrogen and oxygen atoms in total. The van der Waals surface area contributed by atoms with E-state index in [0.29, 0.717) is 49.9 Å². The number of nitrogens with one attached hydrogen (secondary N) is 2. The molecule has 0 fully saturated rings. The minimum atomic E-state index is -5.32. The average molecular weight is 708 g/mol. The first-order valence-electron chi connectivity index (χ1n) is 13.9. The van der Waals surface area contributed by atoms with Crippen molar-refractivity contribution in [1.29, 1.82) is 0 Å². The number of anilines is 2. The molecular formula is C29H24N3Na3O10S2. The first-order chi connectivity index (χ1) is 20.8. The van der Waals surface area contributed by atoms with Crippen LogP contribution in [0.25, 0.3) is 0 Å². The molecule has 230 valence electrons. The summed E-state index contributed by atoms with van der Waals surface area (Å²) in [5.74, 6) is -3.16. The van der Waals surface area contributed by atoms with Crippen molar-refractivity contribution in [3.05, 3.63) is 69.8 Å². The maximum Gasteiger partial charge on any atom is 1.00 e. The van der Waals surface area contributed by atoms with Crippen molar-refractivity contribution in [1.82, 2.24) is 4.90 Å². The fourth-order valence-electron chi connectivity index (χ4n) is 7.10. The first-order valence-corrected chi connectivity index (χ1v) is 16.8. The molecule has 1 spiro atoms. The number of ether oxygens (including phenoxy) is 1. The zero-order chi connectivity index (χ0) is 31.2. The van der Waals surface area contributed by atoms with E-state index in [1.54, 1.807) is 30.3 Å². The SMILES string of the molecule is O=C([O-])CCN1C(=O)c2ccccc2C12c1cc3c(c(S(=O)(=O)[O-])c1Oc1c2cc2c(c1S(=O)(=O)[O-])NCCC2)NCCC3.[Na+].[Na+].[Na+]. The Morgan fingerprint density at radius 2 is 1.32 bits per heavy atom. The number of carbonyl (C=O) groups is 2. The molecule has 4 aliphatic rings. The van der Waals surface area contributed by atoms with Crippen LogP contribution in [0.1, 0.15) is 57.4 Å². The van der Waals surface area contributed by atoms with E-state index in [9.17, 15) is 40.6 Å². The van der Waals surface area contributed by atoms with E-state index in [1.807, 2.05) is 0 Å². The van der Waals surface area contributed by atoms with Crippen LogP contribution in [0.2, 0.25) is 0 Å². The van der Waals surface area contributed by atoms with Gasteiger partial charge in [-0.15, -0.1) is 0 Å². The smallest absolute Gasteiger partial charge is 0.744 e. The maximum absolute atomic E-state index is 14.1. The van der Waals surface area contributed by atoms with Crippen molar-refractivity contribution in [3.63, 3.8) is 0 Å². The third-order valence-electron chi connectivity index (χ3n) is 8.71. The summed E-state index contributed by atoms with van der Waals surface area (Å²) in [6.45, 7) is 0.248. The first kappa shape index (κ1) is 38.6. The van der Waals surface area contributed by atoms with Gasteiger partial charge >= 0.3 is 88.7 Å². The van der Waals surface area contributed by atoms with Gasteiger partial charge in [-0.05, 0) is 60.6 Å². The van der Waals surface area contributed by atoms with Crippen molar-refractivity contribution in [3.8, 4) is 11.5 Å². The van der Waals surface area contributed by atoms with Gasteiger partial charge in [0.1, 0.15) is 35.6 Å². The molecule has 0 atom stereocenters. The van der Waals surface area contributed by atoms with E-state index in [-0.39, 0.29) is 122 Å². The Bertz CT molecular complexity index is 1940. The number of aliphatic carboxylic acids is 1. The predicted molar refractivity (Wildman–Crippen MR) is 149 cm³/mol. The van der Waals surface area contributed by atoms with Gasteiger partial charge in [-0.1, -0.05) is 18.2 Å². The molecule has 3 aromatic rings. The van der Waals surface area contributed by atoms with Crippen LogP contribution in [-0.4, -0.2) is 62.4 Å². The van der Waals surface area contributed by atoms with Crippen molar-refractivity contribution in [2.45, 2.75) is 47.4 Å². The number of benzene rings is 3. The number of aryl methyl sites for hydroxylation is 2. The van der Waals surface area contributed by atoms with Crippen molar-refractivity contribution >= 4 is 43.5 Å². The average Bonchev–Trinajstić information content (AvgIpc) is 3.21. The van der Waals surface area contributed by atoms with Crippen LogP contribution in [0, 0.1) is 0 Å². The molecule has 4 aliphatic heterocycles. The second-order valence-corrected chi connectivity index (χ2v) is 13.8. The number of hydrogen-bond donors (Lipinski definition) is 2. The van der Waals surface area contributed by atoms with Gasteiger partial charge < -0.3 is 39.3 Å². The maximum atomic E-state index is 14.1. The fourth-order valence-corrected chi connectivity index (χ4v) is 8.76. The molecule has 2 N–H and O–H groups in total. The van der Waals surface area contributed by atoms with Crippen molar-refractivity contribution < 1.29 is 134 Å². The van der Waals surface area contributed by atoms with Gasteiger partial charge in [0.25, 0.3) is 5.91 Å². The van der Waals surface area contributed by atoms with Crippen molar-refractivity contribution in [2.24, 2.45) is 0 Å². The number of fused-ring (bicyclic) bond motifs is 8. The van der Waals surface area contributed by atoms with E-state index in [4.69, 9.17) is 4.74 Å². The molecule has 0 saturated heterocycles. The van der Waals surface area contributed by atoms with Crippen LogP contribution in [-0.2, 0) is 43.4 Å². The number of rotatable bonds is 5. The molecular weight excluding hydrogens is 683 g/mol. The number of carboxylic acids is 1. The van der Waals surface area contributed by atoms with Gasteiger partial charge in [0.15, 0.2) is 11.5 Å². The Labute approximate surface area is 337 Å². The summed E-state index contributed by atoms with van der Waals surface area (Å²) < 4.78 is 84.0. The molecule has 3 aromatic carbocycles. The van der Waals surface area contributed by atoms with Gasteiger partial charge in [0, 0.05) is 48.7 Å². The zero-order valence-electron chi connectivity index (χ0n) is 26.0. The van der Waals surface area contributed by atoms with Crippen LogP contribution < -0.4 is 109 Å². The molecule has 18 heteroatoms. The molecule has 0 unspecified atom stereocenters. The second-order valence-electron chi connectivity index (χ2n) is 11.1. The summed E-state index contributed by atoms with van der Waals surface area (Å²) in [4.78, 5) is 25.5. The molecule has 0 saturated carbocycles.